The molecule has 0 fully saturated rings. The first-order chi connectivity index (χ1) is 12.4. The molecule has 1 aromatic heterocycles. The van der Waals surface area contributed by atoms with Gasteiger partial charge in [0.1, 0.15) is 5.58 Å². The summed E-state index contributed by atoms with van der Waals surface area (Å²) in [6.45, 7) is 3.71. The van der Waals surface area contributed by atoms with Gasteiger partial charge in [-0.25, -0.2) is 0 Å². The van der Waals surface area contributed by atoms with Gasteiger partial charge in [0.15, 0.2) is 5.43 Å². The molecular weight excluding hydrogens is 336 g/mol. The predicted molar refractivity (Wildman–Crippen MR) is 94.4 cm³/mol. The summed E-state index contributed by atoms with van der Waals surface area (Å²) in [6.07, 6.45) is 0. The lowest BCUT2D eigenvalue weighted by atomic mass is 9.97. The van der Waals surface area contributed by atoms with Gasteiger partial charge in [-0.3, -0.25) is 19.7 Å². The highest BCUT2D eigenvalue weighted by atomic mass is 16.6. The Bertz CT molecular complexity index is 1150. The summed E-state index contributed by atoms with van der Waals surface area (Å²) in [4.78, 5) is 35.8. The summed E-state index contributed by atoms with van der Waals surface area (Å²) in [6, 6.07) is 8.67. The molecule has 1 aliphatic rings. The van der Waals surface area contributed by atoms with E-state index in [1.807, 2.05) is 19.9 Å². The number of non-ortho nitro benzene ring substituents is 1. The van der Waals surface area contributed by atoms with Crippen molar-refractivity contribution < 1.29 is 14.1 Å². The largest absolute Gasteiger partial charge is 0.450 e. The van der Waals surface area contributed by atoms with Gasteiger partial charge in [-0.05, 0) is 48.7 Å². The fourth-order valence-corrected chi connectivity index (χ4v) is 3.44. The molecule has 1 aliphatic heterocycles. The van der Waals surface area contributed by atoms with Gasteiger partial charge in [-0.15, -0.1) is 0 Å². The fourth-order valence-electron chi connectivity index (χ4n) is 3.44. The number of carbonyl (C=O) groups excluding carboxylic acids is 1. The fraction of sp³-hybridized carbons (Fsp3) is 0.158. The maximum atomic E-state index is 13.1. The number of amides is 1. The first kappa shape index (κ1) is 16.0. The Balaban J connectivity index is 1.94. The van der Waals surface area contributed by atoms with Gasteiger partial charge in [0.25, 0.3) is 11.6 Å². The Morgan fingerprint density at radius 3 is 2.46 bits per heavy atom. The van der Waals surface area contributed by atoms with Crippen LogP contribution in [0.5, 0.6) is 0 Å². The van der Waals surface area contributed by atoms with Crippen LogP contribution in [0.3, 0.4) is 0 Å². The van der Waals surface area contributed by atoms with E-state index in [0.29, 0.717) is 16.5 Å². The predicted octanol–water partition coefficient (Wildman–Crippen LogP) is 3.15. The van der Waals surface area contributed by atoms with Gasteiger partial charge in [-0.2, -0.15) is 0 Å². The Labute approximate surface area is 147 Å². The van der Waals surface area contributed by atoms with E-state index in [1.54, 1.807) is 6.07 Å². The SMILES string of the molecule is Cc1cc(C)c2c(=O)c3c(oc2c1)C(=O)NC3c1ccc([N+](=O)[O-])cc1. The van der Waals surface area contributed by atoms with Crippen LogP contribution in [-0.2, 0) is 0 Å². The summed E-state index contributed by atoms with van der Waals surface area (Å²) in [5.41, 5.74) is 2.59. The molecule has 2 aromatic carbocycles. The van der Waals surface area contributed by atoms with E-state index < -0.39 is 16.9 Å². The zero-order valence-electron chi connectivity index (χ0n) is 14.0. The summed E-state index contributed by atoms with van der Waals surface area (Å²) in [7, 11) is 0. The van der Waals surface area contributed by atoms with Gasteiger partial charge >= 0.3 is 0 Å². The number of rotatable bonds is 2. The number of hydrogen-bond donors (Lipinski definition) is 1. The summed E-state index contributed by atoms with van der Waals surface area (Å²) < 4.78 is 5.75. The molecule has 3 aromatic rings. The topological polar surface area (TPSA) is 102 Å². The molecule has 0 aliphatic carbocycles. The van der Waals surface area contributed by atoms with Gasteiger partial charge < -0.3 is 9.73 Å². The molecule has 0 bridgehead atoms. The molecular formula is C19H14N2O5. The molecule has 0 radical (unpaired) electrons. The zero-order valence-corrected chi connectivity index (χ0v) is 14.0. The molecule has 26 heavy (non-hydrogen) atoms. The highest BCUT2D eigenvalue weighted by molar-refractivity contribution is 5.99. The lowest BCUT2D eigenvalue weighted by Crippen LogP contribution is -2.22. The average Bonchev–Trinajstić information content (AvgIpc) is 2.91. The number of benzene rings is 2. The second-order valence-corrected chi connectivity index (χ2v) is 6.38. The van der Waals surface area contributed by atoms with E-state index in [0.717, 1.165) is 11.1 Å². The molecule has 0 spiro atoms. The lowest BCUT2D eigenvalue weighted by Gasteiger charge is -2.12. The second kappa shape index (κ2) is 5.52. The molecule has 1 N–H and O–H groups in total. The third-order valence-electron chi connectivity index (χ3n) is 4.58. The molecule has 0 saturated heterocycles. The van der Waals surface area contributed by atoms with Gasteiger partial charge in [0.05, 0.1) is 21.9 Å². The molecule has 7 nitrogen and oxygen atoms in total. The summed E-state index contributed by atoms with van der Waals surface area (Å²) in [5.74, 6) is -0.475. The van der Waals surface area contributed by atoms with E-state index in [1.165, 1.54) is 24.3 Å². The lowest BCUT2D eigenvalue weighted by molar-refractivity contribution is -0.384. The molecule has 4 rings (SSSR count). The van der Waals surface area contributed by atoms with Crippen molar-refractivity contribution in [2.24, 2.45) is 0 Å². The Morgan fingerprint density at radius 1 is 1.12 bits per heavy atom. The van der Waals surface area contributed by atoms with E-state index >= 15 is 0 Å². The van der Waals surface area contributed by atoms with Crippen molar-refractivity contribution in [3.63, 3.8) is 0 Å². The van der Waals surface area contributed by atoms with Gasteiger partial charge in [0, 0.05) is 12.1 Å². The minimum absolute atomic E-state index is 0.00384. The van der Waals surface area contributed by atoms with Crippen LogP contribution in [0.1, 0.15) is 38.9 Å². The highest BCUT2D eigenvalue weighted by Gasteiger charge is 2.36. The summed E-state index contributed by atoms with van der Waals surface area (Å²) >= 11 is 0. The van der Waals surface area contributed by atoms with Crippen molar-refractivity contribution in [3.8, 4) is 0 Å². The number of aryl methyl sites for hydroxylation is 2. The van der Waals surface area contributed by atoms with Crippen molar-refractivity contribution in [2.45, 2.75) is 19.9 Å². The Morgan fingerprint density at radius 2 is 1.81 bits per heavy atom. The van der Waals surface area contributed by atoms with E-state index in [4.69, 9.17) is 4.42 Å². The van der Waals surface area contributed by atoms with Crippen molar-refractivity contribution >= 4 is 22.6 Å². The number of nitrogens with zero attached hydrogens (tertiary/aromatic N) is 1. The minimum Gasteiger partial charge on any atom is -0.450 e. The van der Waals surface area contributed by atoms with Crippen LogP contribution < -0.4 is 10.7 Å². The highest BCUT2D eigenvalue weighted by Crippen LogP contribution is 2.32. The maximum absolute atomic E-state index is 13.1. The van der Waals surface area contributed by atoms with Gasteiger partial charge in [-0.1, -0.05) is 6.07 Å². The van der Waals surface area contributed by atoms with Crippen molar-refractivity contribution in [1.82, 2.24) is 5.32 Å². The number of fused-ring (bicyclic) bond motifs is 2. The molecule has 1 atom stereocenters. The van der Waals surface area contributed by atoms with E-state index in [2.05, 4.69) is 5.32 Å². The summed E-state index contributed by atoms with van der Waals surface area (Å²) in [5, 5.41) is 14.0. The van der Waals surface area contributed by atoms with Crippen LogP contribution in [0.4, 0.5) is 5.69 Å². The second-order valence-electron chi connectivity index (χ2n) is 6.38. The average molecular weight is 350 g/mol. The van der Waals surface area contributed by atoms with Crippen LogP contribution in [0.2, 0.25) is 0 Å². The van der Waals surface area contributed by atoms with Crippen molar-refractivity contribution in [2.75, 3.05) is 0 Å². The molecule has 2 heterocycles. The van der Waals surface area contributed by atoms with Gasteiger partial charge in [0.2, 0.25) is 5.76 Å². The Kier molecular flexibility index (Phi) is 3.40. The van der Waals surface area contributed by atoms with Crippen molar-refractivity contribution in [3.05, 3.63) is 84.7 Å². The molecule has 7 heteroatoms. The number of carbonyl (C=O) groups is 1. The first-order valence-electron chi connectivity index (χ1n) is 8.00. The number of nitrogens with one attached hydrogen (secondary N) is 1. The van der Waals surface area contributed by atoms with Crippen LogP contribution >= 0.6 is 0 Å². The smallest absolute Gasteiger partial charge is 0.288 e. The number of nitro groups is 1. The molecule has 1 unspecified atom stereocenters. The maximum Gasteiger partial charge on any atom is 0.288 e. The van der Waals surface area contributed by atoms with Crippen LogP contribution in [-0.4, -0.2) is 10.8 Å². The third-order valence-corrected chi connectivity index (χ3v) is 4.58. The van der Waals surface area contributed by atoms with E-state index in [-0.39, 0.29) is 22.4 Å². The molecule has 0 saturated carbocycles. The van der Waals surface area contributed by atoms with Crippen LogP contribution in [0, 0.1) is 24.0 Å². The molecule has 130 valence electrons. The van der Waals surface area contributed by atoms with Crippen LogP contribution in [0.25, 0.3) is 11.0 Å². The zero-order chi connectivity index (χ0) is 18.6. The third kappa shape index (κ3) is 2.28. The van der Waals surface area contributed by atoms with Crippen LogP contribution in [0.15, 0.2) is 45.6 Å². The van der Waals surface area contributed by atoms with E-state index in [9.17, 15) is 19.7 Å². The Hall–Kier alpha value is -3.48. The normalized spacial score (nSPS) is 15.8. The standard InChI is InChI=1S/C19H14N2O5/c1-9-7-10(2)14-13(8-9)26-18-15(17(14)22)16(20-19(18)23)11-3-5-12(6-4-11)21(24)25/h3-8,16H,1-2H3,(H,20,23). The number of nitro benzene ring substituents is 1. The quantitative estimate of drug-likeness (QED) is 0.565. The molecule has 1 amide bonds. The number of hydrogen-bond acceptors (Lipinski definition) is 5. The first-order valence-corrected chi connectivity index (χ1v) is 8.00. The monoisotopic (exact) mass is 350 g/mol. The minimum atomic E-state index is -0.695. The van der Waals surface area contributed by atoms with Crippen molar-refractivity contribution in [1.29, 1.82) is 0 Å².